The number of carbonyl (C=O) groups is 2. The first-order chi connectivity index (χ1) is 15.0. The van der Waals surface area contributed by atoms with Gasteiger partial charge in [-0.05, 0) is 35.9 Å². The molecule has 160 valence electrons. The number of fused-ring (bicyclic) bond motifs is 4. The van der Waals surface area contributed by atoms with E-state index in [1.807, 2.05) is 39.1 Å². The van der Waals surface area contributed by atoms with Gasteiger partial charge in [-0.3, -0.25) is 19.3 Å². The summed E-state index contributed by atoms with van der Waals surface area (Å²) in [6.45, 7) is 2.24. The summed E-state index contributed by atoms with van der Waals surface area (Å²) in [5, 5.41) is 1.97. The molecule has 2 aromatic heterocycles. The predicted octanol–water partition coefficient (Wildman–Crippen LogP) is 3.15. The fourth-order valence-corrected chi connectivity index (χ4v) is 6.69. The van der Waals surface area contributed by atoms with Gasteiger partial charge in [0, 0.05) is 55.2 Å². The lowest BCUT2D eigenvalue weighted by Crippen LogP contribution is -2.49. The summed E-state index contributed by atoms with van der Waals surface area (Å²) >= 11 is 8.26. The highest BCUT2D eigenvalue weighted by Crippen LogP contribution is 2.36. The number of carbonyl (C=O) groups excluding carboxylic acids is 2. The number of likely N-dealkylation sites (tertiary alicyclic amines) is 1. The number of thiophene rings is 1. The molecule has 2 fully saturated rings. The van der Waals surface area contributed by atoms with E-state index in [2.05, 4.69) is 0 Å². The van der Waals surface area contributed by atoms with Gasteiger partial charge in [-0.25, -0.2) is 0 Å². The average Bonchev–Trinajstić information content (AvgIpc) is 3.35. The molecule has 3 aliphatic rings. The summed E-state index contributed by atoms with van der Waals surface area (Å²) < 4.78 is 2.37. The molecule has 0 radical (unpaired) electrons. The molecule has 3 aliphatic heterocycles. The van der Waals surface area contributed by atoms with E-state index in [0.717, 1.165) is 17.0 Å². The molecule has 2 atom stereocenters. The quantitative estimate of drug-likeness (QED) is 0.506. The van der Waals surface area contributed by atoms with Crippen molar-refractivity contribution in [1.29, 1.82) is 0 Å². The minimum absolute atomic E-state index is 0.0388. The molecule has 6 nitrogen and oxygen atoms in total. The Bertz CT molecular complexity index is 1140. The molecule has 0 spiro atoms. The zero-order valence-corrected chi connectivity index (χ0v) is 19.2. The van der Waals surface area contributed by atoms with Crippen LogP contribution >= 0.6 is 35.3 Å². The third-order valence-corrected chi connectivity index (χ3v) is 8.27. The fourth-order valence-electron chi connectivity index (χ4n) is 4.66. The maximum Gasteiger partial charge on any atom is 0.266 e. The Labute approximate surface area is 193 Å². The van der Waals surface area contributed by atoms with Crippen molar-refractivity contribution in [2.45, 2.75) is 25.3 Å². The fraction of sp³-hybridized carbons (Fsp3) is 0.364. The van der Waals surface area contributed by atoms with E-state index in [-0.39, 0.29) is 29.7 Å². The number of aromatic nitrogens is 1. The molecular formula is C22H21N3O3S3. The number of piperidine rings is 1. The highest BCUT2D eigenvalue weighted by molar-refractivity contribution is 8.26. The summed E-state index contributed by atoms with van der Waals surface area (Å²) in [6, 6.07) is 9.30. The second kappa shape index (κ2) is 8.37. The molecule has 0 N–H and O–H groups in total. The predicted molar refractivity (Wildman–Crippen MR) is 127 cm³/mol. The molecular weight excluding hydrogens is 450 g/mol. The van der Waals surface area contributed by atoms with Crippen LogP contribution < -0.4 is 5.56 Å². The van der Waals surface area contributed by atoms with E-state index in [1.165, 1.54) is 16.7 Å². The normalized spacial score (nSPS) is 24.1. The number of nitrogens with zero attached hydrogens (tertiary/aromatic N) is 3. The summed E-state index contributed by atoms with van der Waals surface area (Å²) in [5.41, 5.74) is 1.06. The number of pyridine rings is 1. The molecule has 2 amide bonds. The van der Waals surface area contributed by atoms with E-state index in [1.54, 1.807) is 23.5 Å². The number of thioether (sulfide) groups is 1. The number of hydrogen-bond acceptors (Lipinski definition) is 6. The topological polar surface area (TPSA) is 62.6 Å². The zero-order valence-electron chi connectivity index (χ0n) is 16.7. The Kier molecular flexibility index (Phi) is 5.58. The van der Waals surface area contributed by atoms with Gasteiger partial charge >= 0.3 is 0 Å². The van der Waals surface area contributed by atoms with Gasteiger partial charge in [0.15, 0.2) is 0 Å². The van der Waals surface area contributed by atoms with Gasteiger partial charge in [0.25, 0.3) is 11.5 Å². The van der Waals surface area contributed by atoms with E-state index in [0.29, 0.717) is 41.3 Å². The van der Waals surface area contributed by atoms with Gasteiger partial charge < -0.3 is 9.47 Å². The second-order valence-electron chi connectivity index (χ2n) is 8.10. The molecule has 5 heterocycles. The van der Waals surface area contributed by atoms with Crippen molar-refractivity contribution < 1.29 is 9.59 Å². The van der Waals surface area contributed by atoms with Crippen molar-refractivity contribution in [2.75, 3.05) is 19.6 Å². The van der Waals surface area contributed by atoms with Crippen molar-refractivity contribution in [3.63, 3.8) is 0 Å². The second-order valence-corrected chi connectivity index (χ2v) is 10.8. The lowest BCUT2D eigenvalue weighted by molar-refractivity contribution is -0.134. The summed E-state index contributed by atoms with van der Waals surface area (Å²) in [4.78, 5) is 43.0. The first-order valence-electron chi connectivity index (χ1n) is 10.3. The van der Waals surface area contributed by atoms with Gasteiger partial charge in [-0.1, -0.05) is 36.1 Å². The van der Waals surface area contributed by atoms with Gasteiger partial charge in [0.1, 0.15) is 4.32 Å². The maximum absolute atomic E-state index is 13.0. The molecule has 0 aromatic carbocycles. The standard InChI is InChI=1S/C22H21N3O3S3/c26-19(6-7-24-21(28)18(31-22(24)29)10-16-3-2-8-30-16)23-11-14-9-15(13-23)17-4-1-5-20(27)25(17)12-14/h1-5,8,10,14-15H,6-7,9,11-13H2. The van der Waals surface area contributed by atoms with Crippen LogP contribution in [0, 0.1) is 5.92 Å². The summed E-state index contributed by atoms with van der Waals surface area (Å²) in [5.74, 6) is 0.397. The van der Waals surface area contributed by atoms with Crippen LogP contribution in [0.3, 0.4) is 0 Å². The van der Waals surface area contributed by atoms with Crippen LogP contribution in [0.4, 0.5) is 0 Å². The molecule has 2 bridgehead atoms. The molecule has 9 heteroatoms. The molecule has 31 heavy (non-hydrogen) atoms. The molecule has 0 saturated carbocycles. The molecule has 2 saturated heterocycles. The molecule has 0 aliphatic carbocycles. The van der Waals surface area contributed by atoms with Crippen LogP contribution in [0.1, 0.15) is 29.3 Å². The lowest BCUT2D eigenvalue weighted by atomic mass is 9.83. The Morgan fingerprint density at radius 3 is 2.84 bits per heavy atom. The molecule has 2 unspecified atom stereocenters. The largest absolute Gasteiger partial charge is 0.342 e. The average molecular weight is 472 g/mol. The summed E-state index contributed by atoms with van der Waals surface area (Å²) in [6.07, 6.45) is 3.12. The maximum atomic E-state index is 13.0. The smallest absolute Gasteiger partial charge is 0.266 e. The molecule has 2 aromatic rings. The van der Waals surface area contributed by atoms with E-state index in [9.17, 15) is 14.4 Å². The first kappa shape index (κ1) is 20.7. The Balaban J connectivity index is 1.23. The minimum atomic E-state index is -0.125. The van der Waals surface area contributed by atoms with Crippen molar-refractivity contribution in [1.82, 2.24) is 14.4 Å². The Hall–Kier alpha value is -2.23. The van der Waals surface area contributed by atoms with Crippen molar-refractivity contribution in [3.05, 3.63) is 61.5 Å². The molecule has 5 rings (SSSR count). The van der Waals surface area contributed by atoms with Crippen LogP contribution in [0.25, 0.3) is 6.08 Å². The third kappa shape index (κ3) is 4.02. The minimum Gasteiger partial charge on any atom is -0.342 e. The van der Waals surface area contributed by atoms with Gasteiger partial charge in [0.2, 0.25) is 5.91 Å². The monoisotopic (exact) mass is 471 g/mol. The number of thiocarbonyl (C=S) groups is 1. The van der Waals surface area contributed by atoms with Crippen molar-refractivity contribution >= 4 is 57.5 Å². The lowest BCUT2D eigenvalue weighted by Gasteiger charge is -2.42. The first-order valence-corrected chi connectivity index (χ1v) is 12.4. The van der Waals surface area contributed by atoms with Crippen molar-refractivity contribution in [2.24, 2.45) is 5.92 Å². The number of hydrogen-bond donors (Lipinski definition) is 0. The van der Waals surface area contributed by atoms with Crippen LogP contribution in [-0.2, 0) is 16.1 Å². The Morgan fingerprint density at radius 2 is 2.03 bits per heavy atom. The van der Waals surface area contributed by atoms with E-state index in [4.69, 9.17) is 12.2 Å². The van der Waals surface area contributed by atoms with Gasteiger partial charge in [-0.15, -0.1) is 11.3 Å². The zero-order chi connectivity index (χ0) is 21.5. The van der Waals surface area contributed by atoms with Gasteiger partial charge in [0.05, 0.1) is 4.91 Å². The summed E-state index contributed by atoms with van der Waals surface area (Å²) in [7, 11) is 0. The van der Waals surface area contributed by atoms with Crippen LogP contribution in [-0.4, -0.2) is 50.1 Å². The Morgan fingerprint density at radius 1 is 1.16 bits per heavy atom. The van der Waals surface area contributed by atoms with Crippen LogP contribution in [0.2, 0.25) is 0 Å². The highest BCUT2D eigenvalue weighted by Gasteiger charge is 2.37. The van der Waals surface area contributed by atoms with Crippen LogP contribution in [0.5, 0.6) is 0 Å². The third-order valence-electron chi connectivity index (χ3n) is 6.07. The number of amides is 2. The van der Waals surface area contributed by atoms with Crippen molar-refractivity contribution in [3.8, 4) is 0 Å². The van der Waals surface area contributed by atoms with Gasteiger partial charge in [-0.2, -0.15) is 0 Å². The van der Waals surface area contributed by atoms with Crippen LogP contribution in [0.15, 0.2) is 45.4 Å². The highest BCUT2D eigenvalue weighted by atomic mass is 32.2. The van der Waals surface area contributed by atoms with E-state index >= 15 is 0 Å². The number of rotatable bonds is 4. The van der Waals surface area contributed by atoms with E-state index < -0.39 is 0 Å². The SMILES string of the molecule is O=C(CCN1C(=O)C(=Cc2cccs2)SC1=S)N1CC2CC(C1)c1cccc(=O)n1C2.